The van der Waals surface area contributed by atoms with E-state index in [2.05, 4.69) is 16.1 Å². The van der Waals surface area contributed by atoms with E-state index in [1.807, 2.05) is 12.1 Å². The standard InChI is InChI=1S/C15H19N3O/c1-2-8-18-9-6-13(7-10-18)17-14-5-3-4-12(11-14)15(16)19/h1,3-5,11,13,17H,6-10H2,(H2,16,19). The number of amides is 1. The maximum atomic E-state index is 11.1. The fourth-order valence-corrected chi connectivity index (χ4v) is 2.36. The molecule has 3 N–H and O–H groups in total. The first kappa shape index (κ1) is 13.4. The number of piperidine rings is 1. The Morgan fingerprint density at radius 2 is 2.21 bits per heavy atom. The minimum atomic E-state index is -0.396. The number of nitrogens with two attached hydrogens (primary N) is 1. The zero-order valence-corrected chi connectivity index (χ0v) is 10.9. The Labute approximate surface area is 114 Å². The Kier molecular flexibility index (Phi) is 4.43. The number of rotatable bonds is 4. The van der Waals surface area contributed by atoms with E-state index in [1.54, 1.807) is 12.1 Å². The SMILES string of the molecule is C#CCN1CCC(Nc2cccc(C(N)=O)c2)CC1. The Bertz CT molecular complexity index is 484. The molecular weight excluding hydrogens is 238 g/mol. The lowest BCUT2D eigenvalue weighted by Crippen LogP contribution is -2.39. The maximum absolute atomic E-state index is 11.1. The molecule has 0 spiro atoms. The van der Waals surface area contributed by atoms with E-state index >= 15 is 0 Å². The van der Waals surface area contributed by atoms with Gasteiger partial charge in [0.25, 0.3) is 0 Å². The van der Waals surface area contributed by atoms with Crippen molar-refractivity contribution in [1.29, 1.82) is 0 Å². The van der Waals surface area contributed by atoms with Crippen LogP contribution in [-0.4, -0.2) is 36.5 Å². The molecule has 1 heterocycles. The van der Waals surface area contributed by atoms with E-state index in [-0.39, 0.29) is 0 Å². The minimum Gasteiger partial charge on any atom is -0.382 e. The van der Waals surface area contributed by atoms with Gasteiger partial charge in [0, 0.05) is 30.4 Å². The molecule has 4 heteroatoms. The van der Waals surface area contributed by atoms with Crippen LogP contribution in [0.15, 0.2) is 24.3 Å². The molecule has 2 rings (SSSR count). The number of anilines is 1. The molecule has 1 fully saturated rings. The summed E-state index contributed by atoms with van der Waals surface area (Å²) in [5, 5.41) is 3.45. The highest BCUT2D eigenvalue weighted by Gasteiger charge is 2.18. The van der Waals surface area contributed by atoms with E-state index in [1.165, 1.54) is 0 Å². The van der Waals surface area contributed by atoms with Crippen molar-refractivity contribution >= 4 is 11.6 Å². The lowest BCUT2D eigenvalue weighted by Gasteiger charge is -2.31. The zero-order valence-electron chi connectivity index (χ0n) is 10.9. The number of hydrogen-bond acceptors (Lipinski definition) is 3. The summed E-state index contributed by atoms with van der Waals surface area (Å²) in [6.07, 6.45) is 7.43. The first-order valence-corrected chi connectivity index (χ1v) is 6.51. The van der Waals surface area contributed by atoms with Crippen LogP contribution in [0.1, 0.15) is 23.2 Å². The fourth-order valence-electron chi connectivity index (χ4n) is 2.36. The van der Waals surface area contributed by atoms with Crippen molar-refractivity contribution in [2.45, 2.75) is 18.9 Å². The second-order valence-electron chi connectivity index (χ2n) is 4.84. The van der Waals surface area contributed by atoms with Crippen molar-refractivity contribution in [3.63, 3.8) is 0 Å². The van der Waals surface area contributed by atoms with Crippen molar-refractivity contribution in [2.75, 3.05) is 25.0 Å². The van der Waals surface area contributed by atoms with Gasteiger partial charge in [-0.05, 0) is 31.0 Å². The molecule has 100 valence electrons. The molecule has 1 amide bonds. The molecule has 0 aliphatic carbocycles. The number of nitrogens with one attached hydrogen (secondary N) is 1. The van der Waals surface area contributed by atoms with Crippen LogP contribution < -0.4 is 11.1 Å². The second kappa shape index (κ2) is 6.26. The molecule has 0 atom stereocenters. The number of benzene rings is 1. The average molecular weight is 257 g/mol. The van der Waals surface area contributed by atoms with Crippen molar-refractivity contribution in [2.24, 2.45) is 5.73 Å². The van der Waals surface area contributed by atoms with Crippen molar-refractivity contribution in [3.05, 3.63) is 29.8 Å². The highest BCUT2D eigenvalue weighted by atomic mass is 16.1. The summed E-state index contributed by atoms with van der Waals surface area (Å²) in [7, 11) is 0. The molecule has 0 radical (unpaired) electrons. The average Bonchev–Trinajstić information content (AvgIpc) is 2.42. The van der Waals surface area contributed by atoms with E-state index in [9.17, 15) is 4.79 Å². The summed E-state index contributed by atoms with van der Waals surface area (Å²) in [5.74, 6) is 2.28. The third-order valence-electron chi connectivity index (χ3n) is 3.42. The van der Waals surface area contributed by atoms with Crippen LogP contribution in [0.4, 0.5) is 5.69 Å². The van der Waals surface area contributed by atoms with Crippen LogP contribution in [0.25, 0.3) is 0 Å². The molecule has 1 aromatic rings. The summed E-state index contributed by atoms with van der Waals surface area (Å²) in [4.78, 5) is 13.4. The smallest absolute Gasteiger partial charge is 0.248 e. The zero-order chi connectivity index (χ0) is 13.7. The summed E-state index contributed by atoms with van der Waals surface area (Å²) in [6, 6.07) is 7.76. The van der Waals surface area contributed by atoms with E-state index in [4.69, 9.17) is 12.2 Å². The lowest BCUT2D eigenvalue weighted by atomic mass is 10.0. The number of carbonyl (C=O) groups excluding carboxylic acids is 1. The van der Waals surface area contributed by atoms with Crippen LogP contribution in [0.2, 0.25) is 0 Å². The van der Waals surface area contributed by atoms with Gasteiger partial charge in [-0.1, -0.05) is 12.0 Å². The minimum absolute atomic E-state index is 0.396. The number of carbonyl (C=O) groups is 1. The van der Waals surface area contributed by atoms with Gasteiger partial charge in [-0.2, -0.15) is 0 Å². The Morgan fingerprint density at radius 1 is 1.47 bits per heavy atom. The predicted octanol–water partition coefficient (Wildman–Crippen LogP) is 1.30. The first-order valence-electron chi connectivity index (χ1n) is 6.51. The molecule has 0 aromatic heterocycles. The van der Waals surface area contributed by atoms with E-state index in [0.29, 0.717) is 11.6 Å². The summed E-state index contributed by atoms with van der Waals surface area (Å²) < 4.78 is 0. The molecule has 0 unspecified atom stereocenters. The van der Waals surface area contributed by atoms with Gasteiger partial charge in [0.1, 0.15) is 0 Å². The van der Waals surface area contributed by atoms with Crippen molar-refractivity contribution in [1.82, 2.24) is 4.90 Å². The molecule has 1 saturated heterocycles. The van der Waals surface area contributed by atoms with Gasteiger partial charge in [-0.25, -0.2) is 0 Å². The van der Waals surface area contributed by atoms with Crippen LogP contribution in [0.3, 0.4) is 0 Å². The number of primary amides is 1. The number of nitrogens with zero attached hydrogens (tertiary/aromatic N) is 1. The highest BCUT2D eigenvalue weighted by Crippen LogP contribution is 2.17. The van der Waals surface area contributed by atoms with Gasteiger partial charge >= 0.3 is 0 Å². The van der Waals surface area contributed by atoms with Crippen molar-refractivity contribution in [3.8, 4) is 12.3 Å². The number of likely N-dealkylation sites (tertiary alicyclic amines) is 1. The second-order valence-corrected chi connectivity index (χ2v) is 4.84. The molecule has 0 bridgehead atoms. The summed E-state index contributed by atoms with van der Waals surface area (Å²) in [5.41, 5.74) is 6.76. The Hall–Kier alpha value is -1.99. The largest absolute Gasteiger partial charge is 0.382 e. The summed E-state index contributed by atoms with van der Waals surface area (Å²) in [6.45, 7) is 2.75. The van der Waals surface area contributed by atoms with Crippen molar-refractivity contribution < 1.29 is 4.79 Å². The molecule has 4 nitrogen and oxygen atoms in total. The van der Waals surface area contributed by atoms with Crippen LogP contribution in [0.5, 0.6) is 0 Å². The predicted molar refractivity (Wildman–Crippen MR) is 76.9 cm³/mol. The van der Waals surface area contributed by atoms with Crippen LogP contribution in [0, 0.1) is 12.3 Å². The van der Waals surface area contributed by atoms with Crippen LogP contribution in [-0.2, 0) is 0 Å². The lowest BCUT2D eigenvalue weighted by molar-refractivity contribution is 0.100. The molecule has 1 aliphatic heterocycles. The Balaban J connectivity index is 1.90. The maximum Gasteiger partial charge on any atom is 0.248 e. The first-order chi connectivity index (χ1) is 9.19. The van der Waals surface area contributed by atoms with Gasteiger partial charge in [-0.3, -0.25) is 9.69 Å². The van der Waals surface area contributed by atoms with E-state index < -0.39 is 5.91 Å². The number of hydrogen-bond donors (Lipinski definition) is 2. The normalized spacial score (nSPS) is 16.8. The molecule has 19 heavy (non-hydrogen) atoms. The Morgan fingerprint density at radius 3 is 2.84 bits per heavy atom. The topological polar surface area (TPSA) is 58.4 Å². The molecule has 1 aliphatic rings. The molecular formula is C15H19N3O. The number of terminal acetylenes is 1. The van der Waals surface area contributed by atoms with Crippen LogP contribution >= 0.6 is 0 Å². The molecule has 1 aromatic carbocycles. The van der Waals surface area contributed by atoms with Gasteiger partial charge in [0.15, 0.2) is 0 Å². The highest BCUT2D eigenvalue weighted by molar-refractivity contribution is 5.93. The monoisotopic (exact) mass is 257 g/mol. The van der Waals surface area contributed by atoms with Gasteiger partial charge in [-0.15, -0.1) is 6.42 Å². The third-order valence-corrected chi connectivity index (χ3v) is 3.42. The third kappa shape index (κ3) is 3.73. The summed E-state index contributed by atoms with van der Waals surface area (Å²) >= 11 is 0. The van der Waals surface area contributed by atoms with Gasteiger partial charge in [0.05, 0.1) is 6.54 Å². The quantitative estimate of drug-likeness (QED) is 0.799. The molecule has 0 saturated carbocycles. The fraction of sp³-hybridized carbons (Fsp3) is 0.400. The van der Waals surface area contributed by atoms with Gasteiger partial charge < -0.3 is 11.1 Å². The van der Waals surface area contributed by atoms with E-state index in [0.717, 1.165) is 38.2 Å². The van der Waals surface area contributed by atoms with Gasteiger partial charge in [0.2, 0.25) is 5.91 Å².